The smallest absolute Gasteiger partial charge is 0.305 e. The quantitative estimate of drug-likeness (QED) is 0.749. The maximum Gasteiger partial charge on any atom is 0.305 e. The number of benzene rings is 1. The second-order valence-corrected chi connectivity index (χ2v) is 5.72. The molecule has 0 radical (unpaired) electrons. The normalized spacial score (nSPS) is 11.2. The van der Waals surface area contributed by atoms with Gasteiger partial charge in [-0.3, -0.25) is 23.7 Å². The van der Waals surface area contributed by atoms with Gasteiger partial charge in [0.05, 0.1) is 23.7 Å². The van der Waals surface area contributed by atoms with Crippen molar-refractivity contribution in [2.24, 2.45) is 0 Å². The number of carboxylic acids is 1. The van der Waals surface area contributed by atoms with Gasteiger partial charge in [0.1, 0.15) is 19.3 Å². The first-order valence-electron chi connectivity index (χ1n) is 8.38. The Balaban J connectivity index is 0.00000114. The van der Waals surface area contributed by atoms with Crippen LogP contribution in [0.2, 0.25) is 0 Å². The summed E-state index contributed by atoms with van der Waals surface area (Å²) in [4.78, 5) is 50.2. The summed E-state index contributed by atoms with van der Waals surface area (Å²) in [6.45, 7) is 2.39. The summed E-state index contributed by atoms with van der Waals surface area (Å²) in [6, 6.07) is 5.08. The van der Waals surface area contributed by atoms with Gasteiger partial charge in [0.25, 0.3) is 5.56 Å². The zero-order valence-electron chi connectivity index (χ0n) is 15.1. The van der Waals surface area contributed by atoms with E-state index in [0.29, 0.717) is 10.9 Å². The van der Waals surface area contributed by atoms with Gasteiger partial charge < -0.3 is 10.4 Å². The van der Waals surface area contributed by atoms with Crippen molar-refractivity contribution in [1.29, 1.82) is 0 Å². The molecule has 2 aromatic rings. The topological polar surface area (TPSA) is 118 Å². The van der Waals surface area contributed by atoms with Gasteiger partial charge in [-0.15, -0.1) is 0 Å². The number of alkyl halides is 1. The third-order valence-electron chi connectivity index (χ3n) is 3.28. The summed E-state index contributed by atoms with van der Waals surface area (Å²) < 4.78 is 13.5. The zero-order valence-corrected chi connectivity index (χ0v) is 15.1. The van der Waals surface area contributed by atoms with Gasteiger partial charge in [0, 0.05) is 0 Å². The number of hydrogen-bond donors (Lipinski definition) is 2. The van der Waals surface area contributed by atoms with Gasteiger partial charge in [0.15, 0.2) is 5.78 Å². The molecule has 1 amide bonds. The molecular weight excluding hydrogens is 357 g/mol. The largest absolute Gasteiger partial charge is 0.481 e. The highest BCUT2D eigenvalue weighted by atomic mass is 19.1. The fourth-order valence-corrected chi connectivity index (χ4v) is 2.13. The molecule has 146 valence electrons. The molecule has 0 aliphatic heterocycles. The van der Waals surface area contributed by atoms with Crippen LogP contribution >= 0.6 is 0 Å². The average Bonchev–Trinajstić information content (AvgIpc) is 2.63. The number of hydrogen-bond acceptors (Lipinski definition) is 5. The fraction of sp³-hybridized carbons (Fsp3) is 0.389. The van der Waals surface area contributed by atoms with Gasteiger partial charge in [-0.1, -0.05) is 32.4 Å². The van der Waals surface area contributed by atoms with Gasteiger partial charge >= 0.3 is 5.97 Å². The number of fused-ring (bicyclic) bond motifs is 1. The molecule has 1 atom stereocenters. The molecule has 0 fully saturated rings. The molecular formula is C18H22FN3O5. The second-order valence-electron chi connectivity index (χ2n) is 5.72. The number of halogens is 1. The molecule has 0 aliphatic rings. The summed E-state index contributed by atoms with van der Waals surface area (Å²) in [5.74, 6) is -3.19. The van der Waals surface area contributed by atoms with Crippen molar-refractivity contribution in [3.63, 3.8) is 0 Å². The molecule has 1 aromatic carbocycles. The first-order chi connectivity index (χ1) is 12.8. The molecule has 1 heterocycles. The summed E-state index contributed by atoms with van der Waals surface area (Å²) in [5, 5.41) is 11.1. The number of para-hydroxylation sites is 1. The molecule has 0 aliphatic carbocycles. The minimum absolute atomic E-state index is 0.315. The lowest BCUT2D eigenvalue weighted by molar-refractivity contribution is -0.140. The van der Waals surface area contributed by atoms with Crippen LogP contribution in [0.1, 0.15) is 26.7 Å². The summed E-state index contributed by atoms with van der Waals surface area (Å²) >= 11 is 0. The van der Waals surface area contributed by atoms with E-state index in [4.69, 9.17) is 5.11 Å². The van der Waals surface area contributed by atoms with E-state index in [0.717, 1.165) is 4.57 Å². The minimum Gasteiger partial charge on any atom is -0.481 e. The Kier molecular flexibility index (Phi) is 8.77. The molecule has 0 saturated heterocycles. The lowest BCUT2D eigenvalue weighted by atomic mass is 10.1. The van der Waals surface area contributed by atoms with E-state index in [-0.39, 0.29) is 0 Å². The Morgan fingerprint density at radius 3 is 2.48 bits per heavy atom. The Morgan fingerprint density at radius 2 is 1.89 bits per heavy atom. The van der Waals surface area contributed by atoms with Crippen LogP contribution in [0.5, 0.6) is 0 Å². The van der Waals surface area contributed by atoms with Crippen molar-refractivity contribution in [3.05, 3.63) is 40.9 Å². The Hall–Kier alpha value is -3.10. The van der Waals surface area contributed by atoms with Crippen molar-refractivity contribution in [1.82, 2.24) is 14.9 Å². The third-order valence-corrected chi connectivity index (χ3v) is 3.28. The third kappa shape index (κ3) is 6.61. The first-order valence-corrected chi connectivity index (χ1v) is 8.38. The lowest BCUT2D eigenvalue weighted by Gasteiger charge is -2.15. The predicted molar refractivity (Wildman–Crippen MR) is 97.1 cm³/mol. The summed E-state index contributed by atoms with van der Waals surface area (Å²) in [5.41, 5.74) is 0.0119. The number of aromatic nitrogens is 2. The van der Waals surface area contributed by atoms with Crippen LogP contribution in [0.15, 0.2) is 35.4 Å². The Bertz CT molecular complexity index is 865. The Morgan fingerprint density at radius 1 is 1.26 bits per heavy atom. The summed E-state index contributed by atoms with van der Waals surface area (Å²) in [7, 11) is 0. The molecule has 0 spiro atoms. The van der Waals surface area contributed by atoms with Crippen LogP contribution in [-0.2, 0) is 20.9 Å². The van der Waals surface area contributed by atoms with E-state index < -0.39 is 48.9 Å². The van der Waals surface area contributed by atoms with E-state index in [1.807, 2.05) is 0 Å². The molecule has 9 heteroatoms. The number of nitrogens with zero attached hydrogens (tertiary/aromatic N) is 2. The van der Waals surface area contributed by atoms with Crippen LogP contribution in [0.25, 0.3) is 10.9 Å². The molecule has 1 aromatic heterocycles. The SMILES string of the molecule is CCC.O=C(O)CC(NC(=O)Cn1cnc2ccccc2c1=O)C(=O)CF. The number of rotatable bonds is 7. The highest BCUT2D eigenvalue weighted by molar-refractivity contribution is 5.92. The predicted octanol–water partition coefficient (Wildman–Crippen LogP) is 1.31. The number of Topliss-reactive ketones (excluding diaryl/α,β-unsaturated/α-hetero) is 1. The number of carboxylic acid groups (broad SMARTS) is 1. The number of amides is 1. The van der Waals surface area contributed by atoms with E-state index in [1.54, 1.807) is 24.3 Å². The van der Waals surface area contributed by atoms with Crippen molar-refractivity contribution in [3.8, 4) is 0 Å². The van der Waals surface area contributed by atoms with Crippen LogP contribution in [0.3, 0.4) is 0 Å². The lowest BCUT2D eigenvalue weighted by Crippen LogP contribution is -2.45. The maximum atomic E-state index is 12.4. The van der Waals surface area contributed by atoms with Crippen LogP contribution in [-0.4, -0.2) is 45.0 Å². The number of ketones is 1. The molecule has 1 unspecified atom stereocenters. The maximum absolute atomic E-state index is 12.4. The minimum atomic E-state index is -1.48. The van der Waals surface area contributed by atoms with Crippen molar-refractivity contribution in [2.75, 3.05) is 6.67 Å². The van der Waals surface area contributed by atoms with E-state index in [2.05, 4.69) is 24.1 Å². The molecule has 0 saturated carbocycles. The fourth-order valence-electron chi connectivity index (χ4n) is 2.13. The van der Waals surface area contributed by atoms with E-state index in [9.17, 15) is 23.6 Å². The number of carbonyl (C=O) groups excluding carboxylic acids is 2. The van der Waals surface area contributed by atoms with Crippen LogP contribution in [0, 0.1) is 0 Å². The van der Waals surface area contributed by atoms with Crippen LogP contribution in [0.4, 0.5) is 4.39 Å². The number of carbonyl (C=O) groups is 3. The highest BCUT2D eigenvalue weighted by Gasteiger charge is 2.23. The molecule has 27 heavy (non-hydrogen) atoms. The molecule has 0 bridgehead atoms. The molecule has 2 rings (SSSR count). The van der Waals surface area contributed by atoms with Crippen molar-refractivity contribution < 1.29 is 23.9 Å². The van der Waals surface area contributed by atoms with Gasteiger partial charge in [0.2, 0.25) is 5.91 Å². The number of aliphatic carboxylic acids is 1. The van der Waals surface area contributed by atoms with Gasteiger partial charge in [-0.25, -0.2) is 9.37 Å². The highest BCUT2D eigenvalue weighted by Crippen LogP contribution is 2.04. The van der Waals surface area contributed by atoms with Gasteiger partial charge in [-0.05, 0) is 12.1 Å². The van der Waals surface area contributed by atoms with E-state index in [1.165, 1.54) is 12.7 Å². The monoisotopic (exact) mass is 379 g/mol. The van der Waals surface area contributed by atoms with E-state index >= 15 is 0 Å². The second kappa shape index (κ2) is 10.8. The van der Waals surface area contributed by atoms with Gasteiger partial charge in [-0.2, -0.15) is 0 Å². The molecule has 8 nitrogen and oxygen atoms in total. The average molecular weight is 379 g/mol. The zero-order chi connectivity index (χ0) is 20.4. The molecule has 2 N–H and O–H groups in total. The Labute approximate surface area is 155 Å². The van der Waals surface area contributed by atoms with Crippen molar-refractivity contribution >= 4 is 28.6 Å². The van der Waals surface area contributed by atoms with Crippen LogP contribution < -0.4 is 10.9 Å². The number of nitrogens with one attached hydrogen (secondary N) is 1. The standard InChI is InChI=1S/C15H14FN3O5.C3H8/c16-6-12(20)11(5-14(22)23)18-13(21)7-19-8-17-10-4-2-1-3-9(10)15(19)24;1-3-2/h1-4,8,11H,5-7H2,(H,18,21)(H,22,23);3H2,1-2H3. The summed E-state index contributed by atoms with van der Waals surface area (Å²) in [6.07, 6.45) is 1.69. The van der Waals surface area contributed by atoms with Crippen molar-refractivity contribution in [2.45, 2.75) is 39.3 Å². The first kappa shape index (κ1) is 21.9.